The summed E-state index contributed by atoms with van der Waals surface area (Å²) in [7, 11) is 1.79. The van der Waals surface area contributed by atoms with Crippen LogP contribution in [0.15, 0.2) is 89.3 Å². The second-order valence-electron chi connectivity index (χ2n) is 8.18. The van der Waals surface area contributed by atoms with Crippen LogP contribution in [0.4, 0.5) is 24.9 Å². The molecule has 0 aliphatic rings. The third kappa shape index (κ3) is 3.28. The summed E-state index contributed by atoms with van der Waals surface area (Å²) in [6.07, 6.45) is -4.44. The molecule has 0 unspecified atom stereocenters. The topological polar surface area (TPSA) is 45.1 Å². The Labute approximate surface area is 192 Å². The Hall–Kier alpha value is -4.26. The predicted molar refractivity (Wildman–Crippen MR) is 128 cm³/mol. The van der Waals surface area contributed by atoms with Gasteiger partial charge in [0.25, 0.3) is 0 Å². The molecule has 0 saturated carbocycles. The zero-order chi connectivity index (χ0) is 23.4. The monoisotopic (exact) mass is 457 g/mol. The molecule has 4 aromatic carbocycles. The number of H-pyrrole nitrogens is 1. The minimum Gasteiger partial charge on any atom is -0.423 e. The van der Waals surface area contributed by atoms with E-state index in [1.54, 1.807) is 11.9 Å². The molecule has 7 heteroatoms. The van der Waals surface area contributed by atoms with Gasteiger partial charge >= 0.3 is 12.2 Å². The summed E-state index contributed by atoms with van der Waals surface area (Å²) in [6, 6.07) is 25.7. The highest BCUT2D eigenvalue weighted by molar-refractivity contribution is 6.08. The molecule has 2 heterocycles. The second kappa shape index (κ2) is 7.38. The van der Waals surface area contributed by atoms with E-state index in [1.807, 2.05) is 42.5 Å². The van der Waals surface area contributed by atoms with Crippen molar-refractivity contribution in [3.63, 3.8) is 0 Å². The van der Waals surface area contributed by atoms with Gasteiger partial charge in [0.15, 0.2) is 5.58 Å². The van der Waals surface area contributed by atoms with Crippen molar-refractivity contribution in [3.05, 3.63) is 90.5 Å². The number of para-hydroxylation sites is 2. The first-order chi connectivity index (χ1) is 16.4. The summed E-state index contributed by atoms with van der Waals surface area (Å²) < 4.78 is 45.1. The highest BCUT2D eigenvalue weighted by Crippen LogP contribution is 2.38. The van der Waals surface area contributed by atoms with Crippen molar-refractivity contribution >= 4 is 44.6 Å². The number of fused-ring (bicyclic) bond motifs is 4. The average Bonchev–Trinajstić information content (AvgIpc) is 3.43. The van der Waals surface area contributed by atoms with Crippen molar-refractivity contribution in [2.75, 3.05) is 11.9 Å². The minimum atomic E-state index is -4.44. The van der Waals surface area contributed by atoms with Crippen LogP contribution in [0.5, 0.6) is 0 Å². The van der Waals surface area contributed by atoms with E-state index in [0.29, 0.717) is 5.58 Å². The lowest BCUT2D eigenvalue weighted by Gasteiger charge is -2.19. The Morgan fingerprint density at radius 3 is 2.44 bits per heavy atom. The first-order valence-corrected chi connectivity index (χ1v) is 10.7. The Balaban J connectivity index is 1.43. The number of aromatic amines is 1. The molecule has 4 nitrogen and oxygen atoms in total. The number of hydrogen-bond acceptors (Lipinski definition) is 3. The fourth-order valence-electron chi connectivity index (χ4n) is 4.37. The van der Waals surface area contributed by atoms with Gasteiger partial charge in [-0.1, -0.05) is 48.5 Å². The van der Waals surface area contributed by atoms with Crippen LogP contribution in [-0.4, -0.2) is 17.0 Å². The van der Waals surface area contributed by atoms with Gasteiger partial charge in [-0.05, 0) is 42.0 Å². The number of rotatable bonds is 3. The summed E-state index contributed by atoms with van der Waals surface area (Å²) in [5.41, 5.74) is 4.57. The van der Waals surface area contributed by atoms with Gasteiger partial charge in [-0.3, -0.25) is 4.90 Å². The summed E-state index contributed by atoms with van der Waals surface area (Å²) in [4.78, 5) is 9.55. The molecule has 2 aromatic heterocycles. The molecule has 6 aromatic rings. The Morgan fingerprint density at radius 2 is 1.59 bits per heavy atom. The van der Waals surface area contributed by atoms with Gasteiger partial charge in [-0.25, -0.2) is 0 Å². The number of anilines is 2. The standard InChI is InChI=1S/C27H18F3N3O/c1-33(26-32-23-15-17(27(28,29)30)11-13-25(23)34-26)24-9-5-3-6-18(24)16-10-12-20-19-7-2-4-8-21(19)31-22(20)14-16/h2-15,31H,1H3. The smallest absolute Gasteiger partial charge is 0.416 e. The highest BCUT2D eigenvalue weighted by atomic mass is 19.4. The van der Waals surface area contributed by atoms with E-state index in [2.05, 4.69) is 34.2 Å². The first-order valence-electron chi connectivity index (χ1n) is 10.7. The molecule has 0 radical (unpaired) electrons. The number of nitrogens with one attached hydrogen (secondary N) is 1. The second-order valence-corrected chi connectivity index (χ2v) is 8.18. The lowest BCUT2D eigenvalue weighted by Crippen LogP contribution is -2.10. The third-order valence-electron chi connectivity index (χ3n) is 6.07. The van der Waals surface area contributed by atoms with Crippen LogP contribution in [0.2, 0.25) is 0 Å². The number of aromatic nitrogens is 2. The van der Waals surface area contributed by atoms with Crippen molar-refractivity contribution in [1.82, 2.24) is 9.97 Å². The lowest BCUT2D eigenvalue weighted by molar-refractivity contribution is -0.137. The molecule has 0 amide bonds. The van der Waals surface area contributed by atoms with Crippen molar-refractivity contribution in [3.8, 4) is 11.1 Å². The molecule has 34 heavy (non-hydrogen) atoms. The molecule has 168 valence electrons. The Kier molecular flexibility index (Phi) is 4.42. The molecule has 1 N–H and O–H groups in total. The maximum Gasteiger partial charge on any atom is 0.416 e. The SMILES string of the molecule is CN(c1nc2cc(C(F)(F)F)ccc2o1)c1ccccc1-c1ccc2c(c1)[nH]c1ccccc12. The molecule has 0 fully saturated rings. The lowest BCUT2D eigenvalue weighted by atomic mass is 10.0. The molecule has 0 bridgehead atoms. The average molecular weight is 457 g/mol. The number of alkyl halides is 3. The van der Waals surface area contributed by atoms with Crippen LogP contribution >= 0.6 is 0 Å². The summed E-state index contributed by atoms with van der Waals surface area (Å²) >= 11 is 0. The van der Waals surface area contributed by atoms with Crippen LogP contribution in [-0.2, 0) is 6.18 Å². The van der Waals surface area contributed by atoms with Crippen molar-refractivity contribution in [1.29, 1.82) is 0 Å². The van der Waals surface area contributed by atoms with Gasteiger partial charge in [-0.15, -0.1) is 0 Å². The van der Waals surface area contributed by atoms with E-state index in [9.17, 15) is 13.2 Å². The van der Waals surface area contributed by atoms with Gasteiger partial charge < -0.3 is 9.40 Å². The van der Waals surface area contributed by atoms with Crippen molar-refractivity contribution < 1.29 is 17.6 Å². The number of nitrogens with zero attached hydrogens (tertiary/aromatic N) is 2. The van der Waals surface area contributed by atoms with E-state index in [-0.39, 0.29) is 11.5 Å². The van der Waals surface area contributed by atoms with E-state index < -0.39 is 11.7 Å². The Bertz CT molecular complexity index is 1680. The molecule has 0 aliphatic carbocycles. The summed E-state index contributed by atoms with van der Waals surface area (Å²) in [5, 5.41) is 2.31. The maximum absolute atomic E-state index is 13.1. The van der Waals surface area contributed by atoms with E-state index in [1.165, 1.54) is 11.5 Å². The molecule has 6 rings (SSSR count). The quantitative estimate of drug-likeness (QED) is 0.294. The summed E-state index contributed by atoms with van der Waals surface area (Å²) in [5.74, 6) is 0. The Morgan fingerprint density at radius 1 is 0.824 bits per heavy atom. The molecule has 0 atom stereocenters. The van der Waals surface area contributed by atoms with Gasteiger partial charge in [0, 0.05) is 34.4 Å². The van der Waals surface area contributed by atoms with E-state index in [4.69, 9.17) is 4.42 Å². The molecular formula is C27H18F3N3O. The fourth-order valence-corrected chi connectivity index (χ4v) is 4.37. The minimum absolute atomic E-state index is 0.161. The zero-order valence-electron chi connectivity index (χ0n) is 18.0. The maximum atomic E-state index is 13.1. The van der Waals surface area contributed by atoms with Crippen molar-refractivity contribution in [2.24, 2.45) is 0 Å². The normalized spacial score (nSPS) is 12.1. The highest BCUT2D eigenvalue weighted by Gasteiger charge is 2.31. The van der Waals surface area contributed by atoms with Crippen molar-refractivity contribution in [2.45, 2.75) is 6.18 Å². The fraction of sp³-hybridized carbons (Fsp3) is 0.0741. The largest absolute Gasteiger partial charge is 0.423 e. The van der Waals surface area contributed by atoms with Gasteiger partial charge in [0.1, 0.15) is 5.52 Å². The molecular weight excluding hydrogens is 439 g/mol. The zero-order valence-corrected chi connectivity index (χ0v) is 18.0. The van der Waals surface area contributed by atoms with Gasteiger partial charge in [-0.2, -0.15) is 18.2 Å². The van der Waals surface area contributed by atoms with Gasteiger partial charge in [0.05, 0.1) is 11.3 Å². The number of oxazole rings is 1. The van der Waals surface area contributed by atoms with E-state index >= 15 is 0 Å². The van der Waals surface area contributed by atoms with Crippen LogP contribution in [0.1, 0.15) is 5.56 Å². The summed E-state index contributed by atoms with van der Waals surface area (Å²) in [6.45, 7) is 0. The first kappa shape index (κ1) is 20.4. The van der Waals surface area contributed by atoms with Gasteiger partial charge in [0.2, 0.25) is 0 Å². The number of halogens is 3. The predicted octanol–water partition coefficient (Wildman–Crippen LogP) is 7.92. The van der Waals surface area contributed by atoms with Crippen LogP contribution in [0, 0.1) is 0 Å². The van der Waals surface area contributed by atoms with Crippen LogP contribution in [0.3, 0.4) is 0 Å². The number of hydrogen-bond donors (Lipinski definition) is 1. The molecule has 0 saturated heterocycles. The number of benzene rings is 4. The molecule has 0 aliphatic heterocycles. The molecule has 0 spiro atoms. The van der Waals surface area contributed by atoms with Crippen LogP contribution < -0.4 is 4.90 Å². The third-order valence-corrected chi connectivity index (χ3v) is 6.07. The van der Waals surface area contributed by atoms with Crippen LogP contribution in [0.25, 0.3) is 44.0 Å². The van der Waals surface area contributed by atoms with E-state index in [0.717, 1.165) is 45.4 Å².